The number of benzene rings is 1. The number of rotatable bonds is 4. The van der Waals surface area contributed by atoms with E-state index in [1.54, 1.807) is 20.8 Å². The summed E-state index contributed by atoms with van der Waals surface area (Å²) >= 11 is 0. The van der Waals surface area contributed by atoms with Crippen molar-refractivity contribution in [2.75, 3.05) is 6.54 Å². The highest BCUT2D eigenvalue weighted by molar-refractivity contribution is 5.67. The van der Waals surface area contributed by atoms with Crippen LogP contribution in [0.2, 0.25) is 0 Å². The Morgan fingerprint density at radius 2 is 1.86 bits per heavy atom. The van der Waals surface area contributed by atoms with E-state index in [9.17, 15) is 28.2 Å². The molecule has 0 aliphatic rings. The van der Waals surface area contributed by atoms with Gasteiger partial charge in [0.05, 0.1) is 0 Å². The Hall–Kier alpha value is -1.80. The van der Waals surface area contributed by atoms with Crippen LogP contribution in [0.3, 0.4) is 0 Å². The molecule has 1 aromatic rings. The van der Waals surface area contributed by atoms with Crippen LogP contribution in [0.25, 0.3) is 0 Å². The molecule has 0 aliphatic carbocycles. The largest absolute Gasteiger partial charge is 0.444 e. The first-order valence-electron chi connectivity index (χ1n) is 6.48. The first kappa shape index (κ1) is 18.2. The summed E-state index contributed by atoms with van der Waals surface area (Å²) in [6, 6.07) is 0.886. The molecule has 0 aromatic heterocycles. The van der Waals surface area contributed by atoms with Gasteiger partial charge in [0.25, 0.3) is 0 Å². The van der Waals surface area contributed by atoms with Gasteiger partial charge in [-0.3, -0.25) is 0 Å². The standard InChI is InChI=1S/C14H18F3NO4/c1-14(2,3)22-13(21)18-6-10(19)12(20)8-4-7(15)5-9(16)11(8)17/h4-5,10,12,19-20H,6H2,1-3H3,(H,18,21). The number of halogens is 3. The van der Waals surface area contributed by atoms with Gasteiger partial charge >= 0.3 is 6.09 Å². The molecule has 3 N–H and O–H groups in total. The molecule has 124 valence electrons. The summed E-state index contributed by atoms with van der Waals surface area (Å²) in [6.07, 6.45) is -4.45. The second kappa shape index (κ2) is 6.97. The van der Waals surface area contributed by atoms with Crippen LogP contribution in [-0.4, -0.2) is 34.6 Å². The predicted molar refractivity (Wildman–Crippen MR) is 71.5 cm³/mol. The van der Waals surface area contributed by atoms with Gasteiger partial charge in [-0.15, -0.1) is 0 Å². The molecule has 2 unspecified atom stereocenters. The van der Waals surface area contributed by atoms with Gasteiger partial charge in [-0.1, -0.05) is 0 Å². The zero-order valence-corrected chi connectivity index (χ0v) is 12.4. The number of aliphatic hydroxyl groups is 2. The molecule has 0 saturated carbocycles. The first-order chi connectivity index (χ1) is 10.0. The Kier molecular flexibility index (Phi) is 5.78. The molecule has 1 amide bonds. The van der Waals surface area contributed by atoms with E-state index in [4.69, 9.17) is 4.74 Å². The van der Waals surface area contributed by atoms with Crippen LogP contribution in [0.1, 0.15) is 32.4 Å². The zero-order valence-electron chi connectivity index (χ0n) is 12.4. The fraction of sp³-hybridized carbons (Fsp3) is 0.500. The molecule has 0 bridgehead atoms. The van der Waals surface area contributed by atoms with Crippen molar-refractivity contribution >= 4 is 6.09 Å². The van der Waals surface area contributed by atoms with E-state index < -0.39 is 53.5 Å². The maximum absolute atomic E-state index is 13.5. The molecule has 1 aromatic carbocycles. The van der Waals surface area contributed by atoms with Crippen molar-refractivity contribution in [1.82, 2.24) is 5.32 Å². The Bertz CT molecular complexity index is 546. The summed E-state index contributed by atoms with van der Waals surface area (Å²) in [5.41, 5.74) is -1.50. The van der Waals surface area contributed by atoms with Crippen molar-refractivity contribution in [2.24, 2.45) is 0 Å². The number of hydrogen-bond donors (Lipinski definition) is 3. The van der Waals surface area contributed by atoms with Crippen LogP contribution in [0, 0.1) is 17.5 Å². The van der Waals surface area contributed by atoms with Gasteiger partial charge in [-0.05, 0) is 26.8 Å². The normalized spacial score (nSPS) is 14.4. The van der Waals surface area contributed by atoms with E-state index in [0.717, 1.165) is 0 Å². The molecule has 0 saturated heterocycles. The van der Waals surface area contributed by atoms with E-state index in [1.165, 1.54) is 0 Å². The van der Waals surface area contributed by atoms with Gasteiger partial charge < -0.3 is 20.3 Å². The molecule has 2 atom stereocenters. The van der Waals surface area contributed by atoms with Crippen LogP contribution in [0.4, 0.5) is 18.0 Å². The monoisotopic (exact) mass is 321 g/mol. The third-order valence-electron chi connectivity index (χ3n) is 2.56. The Morgan fingerprint density at radius 3 is 2.41 bits per heavy atom. The SMILES string of the molecule is CC(C)(C)OC(=O)NCC(O)C(O)c1cc(F)cc(F)c1F. The van der Waals surface area contributed by atoms with Crippen molar-refractivity contribution in [3.05, 3.63) is 35.1 Å². The lowest BCUT2D eigenvalue weighted by Gasteiger charge is -2.22. The number of amides is 1. The Morgan fingerprint density at radius 1 is 1.27 bits per heavy atom. The van der Waals surface area contributed by atoms with Crippen molar-refractivity contribution in [3.63, 3.8) is 0 Å². The maximum Gasteiger partial charge on any atom is 0.407 e. The van der Waals surface area contributed by atoms with Crippen LogP contribution < -0.4 is 5.32 Å². The predicted octanol–water partition coefficient (Wildman–Crippen LogP) is 2.02. The number of ether oxygens (including phenoxy) is 1. The van der Waals surface area contributed by atoms with Crippen LogP contribution in [0.5, 0.6) is 0 Å². The van der Waals surface area contributed by atoms with Crippen molar-refractivity contribution in [3.8, 4) is 0 Å². The number of aliphatic hydroxyl groups excluding tert-OH is 2. The molecule has 0 fully saturated rings. The van der Waals surface area contributed by atoms with E-state index in [0.29, 0.717) is 12.1 Å². The molecule has 1 rings (SSSR count). The quantitative estimate of drug-likeness (QED) is 0.742. The average molecular weight is 321 g/mol. The summed E-state index contributed by atoms with van der Waals surface area (Å²) in [4.78, 5) is 11.4. The summed E-state index contributed by atoms with van der Waals surface area (Å²) in [7, 11) is 0. The smallest absolute Gasteiger partial charge is 0.407 e. The minimum atomic E-state index is -1.92. The molecule has 22 heavy (non-hydrogen) atoms. The number of carbonyl (C=O) groups is 1. The van der Waals surface area contributed by atoms with Gasteiger partial charge in [0.1, 0.15) is 23.6 Å². The molecule has 5 nitrogen and oxygen atoms in total. The maximum atomic E-state index is 13.5. The highest BCUT2D eigenvalue weighted by atomic mass is 19.2. The highest BCUT2D eigenvalue weighted by Crippen LogP contribution is 2.23. The second-order valence-corrected chi connectivity index (χ2v) is 5.69. The van der Waals surface area contributed by atoms with Crippen LogP contribution >= 0.6 is 0 Å². The molecule has 0 radical (unpaired) electrons. The molecule has 0 aliphatic heterocycles. The minimum Gasteiger partial charge on any atom is -0.444 e. The van der Waals surface area contributed by atoms with Crippen molar-refractivity contribution < 1.29 is 32.9 Å². The fourth-order valence-corrected chi connectivity index (χ4v) is 1.61. The third-order valence-corrected chi connectivity index (χ3v) is 2.56. The lowest BCUT2D eigenvalue weighted by Crippen LogP contribution is -2.39. The van der Waals surface area contributed by atoms with Gasteiger partial charge in [0.2, 0.25) is 0 Å². The summed E-state index contributed by atoms with van der Waals surface area (Å²) in [5.74, 6) is -4.05. The third kappa shape index (κ3) is 5.19. The van der Waals surface area contributed by atoms with E-state index >= 15 is 0 Å². The van der Waals surface area contributed by atoms with Crippen LogP contribution in [0.15, 0.2) is 12.1 Å². The van der Waals surface area contributed by atoms with Gasteiger partial charge in [-0.2, -0.15) is 0 Å². The zero-order chi connectivity index (χ0) is 17.1. The van der Waals surface area contributed by atoms with E-state index in [2.05, 4.69) is 5.32 Å². The highest BCUT2D eigenvalue weighted by Gasteiger charge is 2.25. The topological polar surface area (TPSA) is 78.8 Å². The van der Waals surface area contributed by atoms with Gasteiger partial charge in [-0.25, -0.2) is 18.0 Å². The summed E-state index contributed by atoms with van der Waals surface area (Å²) in [5, 5.41) is 21.6. The number of alkyl carbamates (subject to hydrolysis) is 1. The van der Waals surface area contributed by atoms with Crippen molar-refractivity contribution in [1.29, 1.82) is 0 Å². The molecular formula is C14H18F3NO4. The van der Waals surface area contributed by atoms with E-state index in [-0.39, 0.29) is 0 Å². The van der Waals surface area contributed by atoms with Crippen LogP contribution in [-0.2, 0) is 4.74 Å². The lowest BCUT2D eigenvalue weighted by atomic mass is 10.0. The lowest BCUT2D eigenvalue weighted by molar-refractivity contribution is 0.0108. The number of nitrogens with one attached hydrogen (secondary N) is 1. The average Bonchev–Trinajstić information content (AvgIpc) is 2.37. The van der Waals surface area contributed by atoms with Gasteiger partial charge in [0.15, 0.2) is 11.6 Å². The Balaban J connectivity index is 2.70. The number of hydrogen-bond acceptors (Lipinski definition) is 4. The Labute approximate surface area is 125 Å². The van der Waals surface area contributed by atoms with Crippen molar-refractivity contribution in [2.45, 2.75) is 38.6 Å². The number of carbonyl (C=O) groups excluding carboxylic acids is 1. The molecular weight excluding hydrogens is 303 g/mol. The minimum absolute atomic E-state index is 0.316. The molecule has 0 heterocycles. The molecule has 0 spiro atoms. The summed E-state index contributed by atoms with van der Waals surface area (Å²) in [6.45, 7) is 4.39. The fourth-order valence-electron chi connectivity index (χ4n) is 1.61. The van der Waals surface area contributed by atoms with Gasteiger partial charge in [0, 0.05) is 18.2 Å². The second-order valence-electron chi connectivity index (χ2n) is 5.69. The molecule has 8 heteroatoms. The summed E-state index contributed by atoms with van der Waals surface area (Å²) < 4.78 is 44.5. The first-order valence-corrected chi connectivity index (χ1v) is 6.48. The van der Waals surface area contributed by atoms with E-state index in [1.807, 2.05) is 0 Å².